The molecule has 0 spiro atoms. The molecular formula is C31H38BrN3O4S. The summed E-state index contributed by atoms with van der Waals surface area (Å²) in [5, 5.41) is 2.99. The van der Waals surface area contributed by atoms with Crippen molar-refractivity contribution in [2.75, 3.05) is 10.8 Å². The summed E-state index contributed by atoms with van der Waals surface area (Å²) in [6, 6.07) is 20.2. The van der Waals surface area contributed by atoms with Gasteiger partial charge in [0.1, 0.15) is 12.6 Å². The van der Waals surface area contributed by atoms with Crippen molar-refractivity contribution >= 4 is 43.5 Å². The van der Waals surface area contributed by atoms with Gasteiger partial charge in [-0.2, -0.15) is 0 Å². The Bertz CT molecular complexity index is 1430. The summed E-state index contributed by atoms with van der Waals surface area (Å²) >= 11 is 3.40. The van der Waals surface area contributed by atoms with Crippen molar-refractivity contribution in [1.82, 2.24) is 10.2 Å². The predicted octanol–water partition coefficient (Wildman–Crippen LogP) is 5.98. The van der Waals surface area contributed by atoms with E-state index < -0.39 is 34.1 Å². The van der Waals surface area contributed by atoms with Gasteiger partial charge in [-0.3, -0.25) is 13.9 Å². The van der Waals surface area contributed by atoms with Crippen LogP contribution in [0.25, 0.3) is 0 Å². The monoisotopic (exact) mass is 627 g/mol. The average Bonchev–Trinajstić information content (AvgIpc) is 2.88. The molecule has 0 aliphatic heterocycles. The molecule has 0 aliphatic carbocycles. The van der Waals surface area contributed by atoms with Crippen LogP contribution in [0.1, 0.15) is 50.8 Å². The zero-order chi connectivity index (χ0) is 29.7. The maximum atomic E-state index is 14.1. The number of nitrogens with one attached hydrogen (secondary N) is 1. The third kappa shape index (κ3) is 7.95. The predicted molar refractivity (Wildman–Crippen MR) is 164 cm³/mol. The maximum Gasteiger partial charge on any atom is 0.264 e. The Hall–Kier alpha value is -3.17. The van der Waals surface area contributed by atoms with Crippen LogP contribution in [0.2, 0.25) is 0 Å². The van der Waals surface area contributed by atoms with Gasteiger partial charge >= 0.3 is 0 Å². The Labute approximate surface area is 246 Å². The third-order valence-corrected chi connectivity index (χ3v) is 8.81. The minimum absolute atomic E-state index is 0.0804. The van der Waals surface area contributed by atoms with Gasteiger partial charge in [0.25, 0.3) is 10.0 Å². The number of hydrogen-bond donors (Lipinski definition) is 1. The van der Waals surface area contributed by atoms with Crippen LogP contribution in [0.4, 0.5) is 5.69 Å². The van der Waals surface area contributed by atoms with Crippen LogP contribution in [0.15, 0.2) is 82.2 Å². The van der Waals surface area contributed by atoms with E-state index in [0.29, 0.717) is 12.1 Å². The van der Waals surface area contributed by atoms with Gasteiger partial charge in [-0.25, -0.2) is 8.42 Å². The molecule has 0 bridgehead atoms. The standard InChI is InChI=1S/C31H38BrN3O4S/c1-7-28(30(37)33-31(4,5)6)34(20-24-11-9-8-10-23(24)3)29(36)21-35(26-16-14-25(32)15-17-26)40(38,39)27-18-12-22(2)13-19-27/h8-19,28H,7,20-21H2,1-6H3,(H,33,37). The highest BCUT2D eigenvalue weighted by molar-refractivity contribution is 9.10. The minimum atomic E-state index is -4.10. The summed E-state index contributed by atoms with van der Waals surface area (Å²) in [5.41, 5.74) is 2.63. The number of carbonyl (C=O) groups is 2. The lowest BCUT2D eigenvalue weighted by molar-refractivity contribution is -0.141. The molecule has 0 aliphatic rings. The molecule has 3 rings (SSSR count). The van der Waals surface area contributed by atoms with Gasteiger partial charge in [0.2, 0.25) is 11.8 Å². The number of halogens is 1. The molecule has 40 heavy (non-hydrogen) atoms. The molecule has 3 aromatic carbocycles. The first kappa shape index (κ1) is 31.4. The number of carbonyl (C=O) groups excluding carboxylic acids is 2. The van der Waals surface area contributed by atoms with E-state index in [1.807, 2.05) is 65.8 Å². The number of hydrogen-bond acceptors (Lipinski definition) is 4. The van der Waals surface area contributed by atoms with Crippen molar-refractivity contribution < 1.29 is 18.0 Å². The number of benzene rings is 3. The van der Waals surface area contributed by atoms with Crippen LogP contribution in [-0.4, -0.2) is 43.3 Å². The molecule has 0 radical (unpaired) electrons. The van der Waals surface area contributed by atoms with Crippen molar-refractivity contribution in [3.63, 3.8) is 0 Å². The summed E-state index contributed by atoms with van der Waals surface area (Å²) in [6.45, 7) is 11.0. The molecule has 1 unspecified atom stereocenters. The van der Waals surface area contributed by atoms with Crippen molar-refractivity contribution in [2.45, 2.75) is 71.0 Å². The summed E-state index contributed by atoms with van der Waals surface area (Å²) in [5.74, 6) is -0.758. The fraction of sp³-hybridized carbons (Fsp3) is 0.355. The van der Waals surface area contributed by atoms with Crippen LogP contribution in [0.3, 0.4) is 0 Å². The average molecular weight is 629 g/mol. The van der Waals surface area contributed by atoms with E-state index in [4.69, 9.17) is 0 Å². The van der Waals surface area contributed by atoms with Crippen LogP contribution in [-0.2, 0) is 26.2 Å². The van der Waals surface area contributed by atoms with E-state index in [9.17, 15) is 18.0 Å². The molecule has 0 saturated heterocycles. The van der Waals surface area contributed by atoms with Crippen molar-refractivity contribution in [3.8, 4) is 0 Å². The Morgan fingerprint density at radius 1 is 0.925 bits per heavy atom. The first-order valence-electron chi connectivity index (χ1n) is 13.2. The lowest BCUT2D eigenvalue weighted by atomic mass is 10.0. The van der Waals surface area contributed by atoms with E-state index in [0.717, 1.165) is 25.5 Å². The summed E-state index contributed by atoms with van der Waals surface area (Å²) < 4.78 is 29.7. The second-order valence-corrected chi connectivity index (χ2v) is 13.7. The molecule has 0 saturated carbocycles. The van der Waals surface area contributed by atoms with Crippen LogP contribution < -0.4 is 9.62 Å². The molecule has 7 nitrogen and oxygen atoms in total. The van der Waals surface area contributed by atoms with Crippen LogP contribution in [0, 0.1) is 13.8 Å². The third-order valence-electron chi connectivity index (χ3n) is 6.49. The Morgan fingerprint density at radius 2 is 1.52 bits per heavy atom. The van der Waals surface area contributed by atoms with Gasteiger partial charge in [0, 0.05) is 16.6 Å². The Kier molecular flexibility index (Phi) is 10.2. The highest BCUT2D eigenvalue weighted by Gasteiger charge is 2.34. The Balaban J connectivity index is 2.08. The molecule has 0 heterocycles. The quantitative estimate of drug-likeness (QED) is 0.299. The van der Waals surface area contributed by atoms with Gasteiger partial charge in [0.15, 0.2) is 0 Å². The molecule has 0 fully saturated rings. The van der Waals surface area contributed by atoms with Crippen LogP contribution in [0.5, 0.6) is 0 Å². The first-order valence-corrected chi connectivity index (χ1v) is 15.5. The summed E-state index contributed by atoms with van der Waals surface area (Å²) in [4.78, 5) is 29.1. The number of amides is 2. The second-order valence-electron chi connectivity index (χ2n) is 10.9. The van der Waals surface area contributed by atoms with Gasteiger partial charge in [-0.1, -0.05) is 64.8 Å². The fourth-order valence-corrected chi connectivity index (χ4v) is 6.00. The highest BCUT2D eigenvalue weighted by atomic mass is 79.9. The topological polar surface area (TPSA) is 86.8 Å². The number of rotatable bonds is 10. The lowest BCUT2D eigenvalue weighted by Crippen LogP contribution is -2.55. The largest absolute Gasteiger partial charge is 0.350 e. The molecular weight excluding hydrogens is 590 g/mol. The number of anilines is 1. The second kappa shape index (κ2) is 13.0. The maximum absolute atomic E-state index is 14.1. The van der Waals surface area contributed by atoms with Crippen molar-refractivity contribution in [3.05, 3.63) is 94.0 Å². The summed E-state index contributed by atoms with van der Waals surface area (Å²) in [6.07, 6.45) is 0.364. The smallest absolute Gasteiger partial charge is 0.264 e. The van der Waals surface area contributed by atoms with Gasteiger partial charge in [0.05, 0.1) is 10.6 Å². The molecule has 9 heteroatoms. The first-order chi connectivity index (χ1) is 18.7. The van der Waals surface area contributed by atoms with Gasteiger partial charge in [-0.05, 0) is 88.6 Å². The zero-order valence-corrected chi connectivity index (χ0v) is 26.3. The Morgan fingerprint density at radius 3 is 2.08 bits per heavy atom. The normalized spacial score (nSPS) is 12.5. The van der Waals surface area contributed by atoms with Gasteiger partial charge in [-0.15, -0.1) is 0 Å². The van der Waals surface area contributed by atoms with Crippen LogP contribution >= 0.6 is 15.9 Å². The van der Waals surface area contributed by atoms with E-state index in [-0.39, 0.29) is 17.3 Å². The molecule has 0 aromatic heterocycles. The SMILES string of the molecule is CCC(C(=O)NC(C)(C)C)N(Cc1ccccc1C)C(=O)CN(c1ccc(Br)cc1)S(=O)(=O)c1ccc(C)cc1. The highest BCUT2D eigenvalue weighted by Crippen LogP contribution is 2.27. The van der Waals surface area contributed by atoms with Crippen molar-refractivity contribution in [1.29, 1.82) is 0 Å². The lowest BCUT2D eigenvalue weighted by Gasteiger charge is -2.35. The van der Waals surface area contributed by atoms with E-state index in [2.05, 4.69) is 21.2 Å². The molecule has 3 aromatic rings. The van der Waals surface area contributed by atoms with E-state index in [1.54, 1.807) is 36.4 Å². The van der Waals surface area contributed by atoms with E-state index in [1.165, 1.54) is 17.0 Å². The van der Waals surface area contributed by atoms with E-state index >= 15 is 0 Å². The summed E-state index contributed by atoms with van der Waals surface area (Å²) in [7, 11) is -4.10. The zero-order valence-electron chi connectivity index (χ0n) is 23.9. The molecule has 1 N–H and O–H groups in total. The van der Waals surface area contributed by atoms with Gasteiger partial charge < -0.3 is 10.2 Å². The number of nitrogens with zero attached hydrogens (tertiary/aromatic N) is 2. The molecule has 2 amide bonds. The number of aryl methyl sites for hydroxylation is 2. The molecule has 214 valence electrons. The number of sulfonamides is 1. The van der Waals surface area contributed by atoms with Crippen molar-refractivity contribution in [2.24, 2.45) is 0 Å². The minimum Gasteiger partial charge on any atom is -0.350 e. The molecule has 1 atom stereocenters. The fourth-order valence-electron chi connectivity index (χ4n) is 4.32.